The van der Waals surface area contributed by atoms with E-state index in [9.17, 15) is 4.79 Å². The lowest BCUT2D eigenvalue weighted by atomic mass is 10.0. The van der Waals surface area contributed by atoms with Crippen LogP contribution in [-0.2, 0) is 4.79 Å². The van der Waals surface area contributed by atoms with Gasteiger partial charge in [0.2, 0.25) is 0 Å². The largest absolute Gasteiger partial charge is 0.295 e. The highest BCUT2D eigenvalue weighted by Gasteiger charge is 2.20. The second-order valence-electron chi connectivity index (χ2n) is 4.26. The molecule has 1 heteroatoms. The van der Waals surface area contributed by atoms with E-state index >= 15 is 0 Å². The van der Waals surface area contributed by atoms with Crippen LogP contribution in [0.2, 0.25) is 0 Å². The average molecular weight is 194 g/mol. The van der Waals surface area contributed by atoms with Gasteiger partial charge in [-0.15, -0.1) is 0 Å². The molecule has 0 spiro atoms. The zero-order chi connectivity index (χ0) is 10.4. The highest BCUT2D eigenvalue weighted by molar-refractivity contribution is 5.95. The van der Waals surface area contributed by atoms with E-state index in [1.807, 2.05) is 6.92 Å². The van der Waals surface area contributed by atoms with Crippen molar-refractivity contribution >= 4 is 5.78 Å². The average Bonchev–Trinajstić information content (AvgIpc) is 2.99. The Balaban J connectivity index is 2.39. The highest BCUT2D eigenvalue weighted by Crippen LogP contribution is 2.32. The number of allylic oxidation sites excluding steroid dienone is 2. The summed E-state index contributed by atoms with van der Waals surface area (Å²) in [6.07, 6.45) is 10.2. The molecule has 0 bridgehead atoms. The maximum absolute atomic E-state index is 11.6. The van der Waals surface area contributed by atoms with Gasteiger partial charge < -0.3 is 0 Å². The van der Waals surface area contributed by atoms with Crippen molar-refractivity contribution in [1.82, 2.24) is 0 Å². The van der Waals surface area contributed by atoms with Crippen molar-refractivity contribution in [3.63, 3.8) is 0 Å². The van der Waals surface area contributed by atoms with Crippen LogP contribution in [0.25, 0.3) is 0 Å². The normalized spacial score (nSPS) is 17.1. The van der Waals surface area contributed by atoms with Crippen LogP contribution >= 0.6 is 0 Å². The lowest BCUT2D eigenvalue weighted by Gasteiger charge is -2.04. The third kappa shape index (κ3) is 4.08. The molecule has 0 N–H and O–H groups in total. The summed E-state index contributed by atoms with van der Waals surface area (Å²) >= 11 is 0. The summed E-state index contributed by atoms with van der Waals surface area (Å²) < 4.78 is 0. The summed E-state index contributed by atoms with van der Waals surface area (Å²) in [6, 6.07) is 0. The van der Waals surface area contributed by atoms with Crippen LogP contribution < -0.4 is 0 Å². The van der Waals surface area contributed by atoms with Gasteiger partial charge in [-0.3, -0.25) is 4.79 Å². The molecule has 1 fully saturated rings. The van der Waals surface area contributed by atoms with Crippen molar-refractivity contribution in [2.75, 3.05) is 0 Å². The topological polar surface area (TPSA) is 17.1 Å². The number of hydrogen-bond donors (Lipinski definition) is 0. The Labute approximate surface area is 87.6 Å². The molecule has 1 aliphatic rings. The van der Waals surface area contributed by atoms with Gasteiger partial charge >= 0.3 is 0 Å². The molecule has 0 aromatic heterocycles. The third-order valence-corrected chi connectivity index (χ3v) is 2.79. The predicted octanol–water partition coefficient (Wildman–Crippen LogP) is 3.88. The first-order valence-corrected chi connectivity index (χ1v) is 6.01. The lowest BCUT2D eigenvalue weighted by molar-refractivity contribution is -0.115. The van der Waals surface area contributed by atoms with Crippen LogP contribution in [0, 0.1) is 5.92 Å². The number of rotatable bonds is 7. The van der Waals surface area contributed by atoms with Crippen LogP contribution in [0.15, 0.2) is 11.6 Å². The first-order chi connectivity index (χ1) is 6.77. The maximum atomic E-state index is 11.6. The van der Waals surface area contributed by atoms with Crippen LogP contribution in [0.3, 0.4) is 0 Å². The molecule has 0 radical (unpaired) electrons. The zero-order valence-corrected chi connectivity index (χ0v) is 9.51. The Hall–Kier alpha value is -0.590. The number of carbonyl (C=O) groups excluding carboxylic acids is 1. The van der Waals surface area contributed by atoms with Crippen molar-refractivity contribution in [3.8, 4) is 0 Å². The molecule has 0 aromatic rings. The number of unbranched alkanes of at least 4 members (excludes halogenated alkanes) is 2. The van der Waals surface area contributed by atoms with Crippen molar-refractivity contribution in [2.24, 2.45) is 5.92 Å². The molecular formula is C13H22O. The van der Waals surface area contributed by atoms with E-state index in [0.29, 0.717) is 12.2 Å². The molecule has 0 atom stereocenters. The second-order valence-corrected chi connectivity index (χ2v) is 4.26. The molecular weight excluding hydrogens is 172 g/mol. The zero-order valence-electron chi connectivity index (χ0n) is 9.51. The smallest absolute Gasteiger partial charge is 0.158 e. The van der Waals surface area contributed by atoms with Crippen LogP contribution in [0.5, 0.6) is 0 Å². The Morgan fingerprint density at radius 2 is 2.00 bits per heavy atom. The number of hydrogen-bond acceptors (Lipinski definition) is 1. The summed E-state index contributed by atoms with van der Waals surface area (Å²) in [6.45, 7) is 4.16. The third-order valence-electron chi connectivity index (χ3n) is 2.79. The van der Waals surface area contributed by atoms with E-state index in [1.54, 1.807) is 0 Å². The SMILES string of the molecule is CCCCCC(=CC1CC1)C(=O)CC. The van der Waals surface area contributed by atoms with Gasteiger partial charge in [0.15, 0.2) is 5.78 Å². The fraction of sp³-hybridized carbons (Fsp3) is 0.769. The molecule has 1 rings (SSSR count). The Kier molecular flexibility index (Phi) is 4.92. The van der Waals surface area contributed by atoms with E-state index in [-0.39, 0.29) is 0 Å². The van der Waals surface area contributed by atoms with Gasteiger partial charge in [0.1, 0.15) is 0 Å². The fourth-order valence-corrected chi connectivity index (χ4v) is 1.66. The van der Waals surface area contributed by atoms with Gasteiger partial charge in [0.05, 0.1) is 0 Å². The first kappa shape index (κ1) is 11.5. The van der Waals surface area contributed by atoms with Crippen molar-refractivity contribution < 1.29 is 4.79 Å². The fourth-order valence-electron chi connectivity index (χ4n) is 1.66. The summed E-state index contributed by atoms with van der Waals surface area (Å²) in [7, 11) is 0. The molecule has 1 nitrogen and oxygen atoms in total. The summed E-state index contributed by atoms with van der Waals surface area (Å²) in [4.78, 5) is 11.6. The minimum absolute atomic E-state index is 0.369. The highest BCUT2D eigenvalue weighted by atomic mass is 16.1. The van der Waals surface area contributed by atoms with Gasteiger partial charge in [-0.05, 0) is 37.2 Å². The second kappa shape index (κ2) is 6.00. The molecule has 80 valence electrons. The molecule has 0 unspecified atom stereocenters. The van der Waals surface area contributed by atoms with E-state index in [1.165, 1.54) is 32.1 Å². The van der Waals surface area contributed by atoms with Gasteiger partial charge in [0, 0.05) is 6.42 Å². The molecule has 0 aromatic carbocycles. The van der Waals surface area contributed by atoms with E-state index in [0.717, 1.165) is 17.9 Å². The molecule has 1 aliphatic carbocycles. The molecule has 0 saturated heterocycles. The standard InChI is InChI=1S/C13H22O/c1-3-5-6-7-12(13(14)4-2)10-11-8-9-11/h10-11H,3-9H2,1-2H3. The van der Waals surface area contributed by atoms with Gasteiger partial charge in [0.25, 0.3) is 0 Å². The molecule has 0 heterocycles. The van der Waals surface area contributed by atoms with Gasteiger partial charge in [-0.25, -0.2) is 0 Å². The molecule has 1 saturated carbocycles. The van der Waals surface area contributed by atoms with Crippen molar-refractivity contribution in [1.29, 1.82) is 0 Å². The molecule has 0 amide bonds. The quantitative estimate of drug-likeness (QED) is 0.444. The van der Waals surface area contributed by atoms with Gasteiger partial charge in [-0.1, -0.05) is 32.8 Å². The minimum atomic E-state index is 0.369. The Bertz CT molecular complexity index is 211. The first-order valence-electron chi connectivity index (χ1n) is 6.01. The van der Waals surface area contributed by atoms with Crippen molar-refractivity contribution in [2.45, 2.75) is 58.8 Å². The van der Waals surface area contributed by atoms with Crippen LogP contribution in [0.4, 0.5) is 0 Å². The summed E-state index contributed by atoms with van der Waals surface area (Å²) in [5.41, 5.74) is 1.11. The molecule has 0 aliphatic heterocycles. The minimum Gasteiger partial charge on any atom is -0.295 e. The van der Waals surface area contributed by atoms with Crippen molar-refractivity contribution in [3.05, 3.63) is 11.6 Å². The Morgan fingerprint density at radius 3 is 2.50 bits per heavy atom. The maximum Gasteiger partial charge on any atom is 0.158 e. The number of ketones is 1. The number of Topliss-reactive ketones (excluding diaryl/α,β-unsaturated/α-hetero) is 1. The van der Waals surface area contributed by atoms with E-state index in [4.69, 9.17) is 0 Å². The summed E-state index contributed by atoms with van der Waals surface area (Å²) in [5.74, 6) is 1.11. The van der Waals surface area contributed by atoms with Crippen LogP contribution in [0.1, 0.15) is 58.8 Å². The lowest BCUT2D eigenvalue weighted by Crippen LogP contribution is -2.01. The number of carbonyl (C=O) groups is 1. The monoisotopic (exact) mass is 194 g/mol. The van der Waals surface area contributed by atoms with Gasteiger partial charge in [-0.2, -0.15) is 0 Å². The Morgan fingerprint density at radius 1 is 1.29 bits per heavy atom. The predicted molar refractivity (Wildman–Crippen MR) is 60.2 cm³/mol. The summed E-state index contributed by atoms with van der Waals surface area (Å²) in [5, 5.41) is 0. The van der Waals surface area contributed by atoms with E-state index in [2.05, 4.69) is 13.0 Å². The molecule has 14 heavy (non-hydrogen) atoms. The van der Waals surface area contributed by atoms with Crippen LogP contribution in [-0.4, -0.2) is 5.78 Å². The van der Waals surface area contributed by atoms with E-state index < -0.39 is 0 Å².